The van der Waals surface area contributed by atoms with Gasteiger partial charge in [0.25, 0.3) is 0 Å². The SMILES string of the molecule is CCCC(O)(CCC)CC1CCN(CC2CN(Cc3ccc(Cl)cc3Cl)CC2c2ccsc2)CC1. The molecule has 1 aromatic carbocycles. The average molecular weight is 538 g/mol. The molecule has 4 rings (SSSR count). The van der Waals surface area contributed by atoms with Crippen LogP contribution in [0, 0.1) is 11.8 Å². The van der Waals surface area contributed by atoms with Crippen LogP contribution in [0.3, 0.4) is 0 Å². The maximum Gasteiger partial charge on any atom is 0.0650 e. The van der Waals surface area contributed by atoms with Gasteiger partial charge in [-0.1, -0.05) is 56.0 Å². The lowest BCUT2D eigenvalue weighted by atomic mass is 9.79. The number of thiophene rings is 1. The summed E-state index contributed by atoms with van der Waals surface area (Å²) in [4.78, 5) is 5.27. The number of piperidine rings is 1. The maximum atomic E-state index is 11.1. The van der Waals surface area contributed by atoms with Crippen LogP contribution in [0.1, 0.15) is 75.8 Å². The van der Waals surface area contributed by atoms with E-state index in [-0.39, 0.29) is 0 Å². The van der Waals surface area contributed by atoms with Crippen LogP contribution in [0.15, 0.2) is 35.0 Å². The van der Waals surface area contributed by atoms with Crippen molar-refractivity contribution >= 4 is 34.5 Å². The second kappa shape index (κ2) is 12.8. The van der Waals surface area contributed by atoms with Crippen molar-refractivity contribution in [1.82, 2.24) is 9.80 Å². The third-order valence-corrected chi connectivity index (χ3v) is 9.48. The van der Waals surface area contributed by atoms with Crippen molar-refractivity contribution in [2.24, 2.45) is 11.8 Å². The van der Waals surface area contributed by atoms with Gasteiger partial charge in [-0.15, -0.1) is 0 Å². The Balaban J connectivity index is 1.35. The monoisotopic (exact) mass is 536 g/mol. The number of likely N-dealkylation sites (tertiary alicyclic amines) is 2. The molecule has 2 unspecified atom stereocenters. The quantitative estimate of drug-likeness (QED) is 0.318. The molecule has 194 valence electrons. The molecule has 0 spiro atoms. The fourth-order valence-corrected chi connectivity index (χ4v) is 7.72. The van der Waals surface area contributed by atoms with Gasteiger partial charge in [0.2, 0.25) is 0 Å². The van der Waals surface area contributed by atoms with Crippen LogP contribution in [-0.4, -0.2) is 53.2 Å². The molecular formula is C29H42Cl2N2OS. The molecule has 3 heterocycles. The summed E-state index contributed by atoms with van der Waals surface area (Å²) in [7, 11) is 0. The van der Waals surface area contributed by atoms with Gasteiger partial charge >= 0.3 is 0 Å². The van der Waals surface area contributed by atoms with Crippen LogP contribution in [0.4, 0.5) is 0 Å². The lowest BCUT2D eigenvalue weighted by Gasteiger charge is -2.38. The Labute approximate surface area is 226 Å². The molecule has 2 fully saturated rings. The summed E-state index contributed by atoms with van der Waals surface area (Å²) in [5.74, 6) is 1.86. The largest absolute Gasteiger partial charge is 0.390 e. The number of rotatable bonds is 11. The Kier molecular flexibility index (Phi) is 9.99. The summed E-state index contributed by atoms with van der Waals surface area (Å²) < 4.78 is 0. The van der Waals surface area contributed by atoms with E-state index in [0.717, 1.165) is 82.0 Å². The van der Waals surface area contributed by atoms with Crippen LogP contribution >= 0.6 is 34.5 Å². The van der Waals surface area contributed by atoms with E-state index in [2.05, 4.69) is 46.5 Å². The van der Waals surface area contributed by atoms with Gasteiger partial charge in [0.05, 0.1) is 5.60 Å². The summed E-state index contributed by atoms with van der Waals surface area (Å²) in [5, 5.41) is 17.2. The predicted molar refractivity (Wildman–Crippen MR) is 151 cm³/mol. The highest BCUT2D eigenvalue weighted by molar-refractivity contribution is 7.08. The lowest BCUT2D eigenvalue weighted by Crippen LogP contribution is -2.41. The Morgan fingerprint density at radius 1 is 1.03 bits per heavy atom. The molecule has 6 heteroatoms. The van der Waals surface area contributed by atoms with E-state index < -0.39 is 5.60 Å². The first-order valence-corrected chi connectivity index (χ1v) is 15.2. The summed E-state index contributed by atoms with van der Waals surface area (Å²) in [5.41, 5.74) is 2.20. The standard InChI is InChI=1S/C29H42Cl2N2OS/c1-3-10-29(34,11-4-2)16-22-7-12-32(13-8-22)18-25-19-33(20-27(25)24-9-14-35-21-24)17-23-5-6-26(30)15-28(23)31/h5-6,9,14-15,21-22,25,27,34H,3-4,7-8,10-13,16-20H2,1-2H3. The molecule has 0 aliphatic carbocycles. The minimum atomic E-state index is -0.449. The van der Waals surface area contributed by atoms with E-state index in [4.69, 9.17) is 23.2 Å². The molecule has 3 nitrogen and oxygen atoms in total. The molecule has 0 bridgehead atoms. The van der Waals surface area contributed by atoms with E-state index in [0.29, 0.717) is 22.8 Å². The van der Waals surface area contributed by atoms with Gasteiger partial charge in [-0.25, -0.2) is 0 Å². The van der Waals surface area contributed by atoms with Crippen molar-refractivity contribution in [1.29, 1.82) is 0 Å². The third kappa shape index (κ3) is 7.46. The van der Waals surface area contributed by atoms with Gasteiger partial charge in [-0.05, 0) is 97.1 Å². The Morgan fingerprint density at radius 2 is 1.77 bits per heavy atom. The van der Waals surface area contributed by atoms with Crippen molar-refractivity contribution in [3.8, 4) is 0 Å². The summed E-state index contributed by atoms with van der Waals surface area (Å²) in [6.45, 7) is 10.9. The minimum Gasteiger partial charge on any atom is -0.390 e. The van der Waals surface area contributed by atoms with Crippen molar-refractivity contribution in [3.05, 3.63) is 56.2 Å². The first-order valence-electron chi connectivity index (χ1n) is 13.5. The fourth-order valence-electron chi connectivity index (χ4n) is 6.53. The van der Waals surface area contributed by atoms with Gasteiger partial charge in [-0.3, -0.25) is 4.90 Å². The zero-order chi connectivity index (χ0) is 24.8. The van der Waals surface area contributed by atoms with Crippen LogP contribution in [0.25, 0.3) is 0 Å². The molecule has 0 amide bonds. The first kappa shape index (κ1) is 27.4. The van der Waals surface area contributed by atoms with Gasteiger partial charge < -0.3 is 10.0 Å². The molecule has 0 radical (unpaired) electrons. The molecule has 35 heavy (non-hydrogen) atoms. The second-order valence-corrected chi connectivity index (χ2v) is 12.6. The second-order valence-electron chi connectivity index (χ2n) is 11.0. The molecule has 1 N–H and O–H groups in total. The molecule has 2 atom stereocenters. The van der Waals surface area contributed by atoms with E-state index in [1.807, 2.05) is 12.1 Å². The number of halogens is 2. The Hall–Kier alpha value is -0.620. The topological polar surface area (TPSA) is 26.7 Å². The highest BCUT2D eigenvalue weighted by Gasteiger charge is 2.37. The number of aliphatic hydroxyl groups is 1. The number of hydrogen-bond acceptors (Lipinski definition) is 4. The van der Waals surface area contributed by atoms with E-state index in [9.17, 15) is 5.11 Å². The molecule has 0 saturated carbocycles. The molecule has 2 aromatic rings. The van der Waals surface area contributed by atoms with E-state index in [1.165, 1.54) is 18.4 Å². The Morgan fingerprint density at radius 3 is 2.40 bits per heavy atom. The molecule has 2 aliphatic rings. The highest BCUT2D eigenvalue weighted by atomic mass is 35.5. The predicted octanol–water partition coefficient (Wildman–Crippen LogP) is 7.70. The Bertz CT molecular complexity index is 907. The highest BCUT2D eigenvalue weighted by Crippen LogP contribution is 2.37. The van der Waals surface area contributed by atoms with Gasteiger partial charge in [0, 0.05) is 42.1 Å². The van der Waals surface area contributed by atoms with E-state index in [1.54, 1.807) is 11.3 Å². The van der Waals surface area contributed by atoms with Gasteiger partial charge in [0.15, 0.2) is 0 Å². The lowest BCUT2D eigenvalue weighted by molar-refractivity contribution is -0.0118. The van der Waals surface area contributed by atoms with Crippen LogP contribution < -0.4 is 0 Å². The van der Waals surface area contributed by atoms with Crippen molar-refractivity contribution < 1.29 is 5.11 Å². The van der Waals surface area contributed by atoms with Crippen molar-refractivity contribution in [3.63, 3.8) is 0 Å². The number of benzene rings is 1. The smallest absolute Gasteiger partial charge is 0.0650 e. The number of nitrogens with zero attached hydrogens (tertiary/aromatic N) is 2. The minimum absolute atomic E-state index is 0.449. The third-order valence-electron chi connectivity index (χ3n) is 8.20. The molecule has 2 saturated heterocycles. The fraction of sp³-hybridized carbons (Fsp3) is 0.655. The molecule has 1 aromatic heterocycles. The van der Waals surface area contributed by atoms with Gasteiger partial charge in [-0.2, -0.15) is 11.3 Å². The zero-order valence-electron chi connectivity index (χ0n) is 21.4. The van der Waals surface area contributed by atoms with E-state index >= 15 is 0 Å². The summed E-state index contributed by atoms with van der Waals surface area (Å²) in [6, 6.07) is 8.18. The van der Waals surface area contributed by atoms with Crippen molar-refractivity contribution in [2.45, 2.75) is 76.9 Å². The van der Waals surface area contributed by atoms with Crippen LogP contribution in [0.5, 0.6) is 0 Å². The van der Waals surface area contributed by atoms with Crippen molar-refractivity contribution in [2.75, 3.05) is 32.7 Å². The average Bonchev–Trinajstić information content (AvgIpc) is 3.47. The summed E-state index contributed by atoms with van der Waals surface area (Å²) in [6.07, 6.45) is 7.44. The summed E-state index contributed by atoms with van der Waals surface area (Å²) >= 11 is 14.4. The number of hydrogen-bond donors (Lipinski definition) is 1. The zero-order valence-corrected chi connectivity index (χ0v) is 23.7. The molecular weight excluding hydrogens is 495 g/mol. The van der Waals surface area contributed by atoms with Crippen LogP contribution in [-0.2, 0) is 6.54 Å². The van der Waals surface area contributed by atoms with Gasteiger partial charge in [0.1, 0.15) is 0 Å². The molecule has 2 aliphatic heterocycles. The maximum absolute atomic E-state index is 11.1. The normalized spacial score (nSPS) is 22.8. The van der Waals surface area contributed by atoms with Crippen LogP contribution in [0.2, 0.25) is 10.0 Å². The first-order chi connectivity index (χ1) is 16.9.